The molecule has 0 spiro atoms. The summed E-state index contributed by atoms with van der Waals surface area (Å²) < 4.78 is 5.41. The van der Waals surface area contributed by atoms with Crippen LogP contribution in [-0.2, 0) is 4.74 Å². The smallest absolute Gasteiger partial charge is 0.210 e. The first kappa shape index (κ1) is 8.81. The molecule has 0 saturated heterocycles. The van der Waals surface area contributed by atoms with E-state index in [4.69, 9.17) is 4.74 Å². The lowest BCUT2D eigenvalue weighted by Crippen LogP contribution is -2.16. The third-order valence-electron chi connectivity index (χ3n) is 2.57. The van der Waals surface area contributed by atoms with E-state index in [0.717, 1.165) is 16.5 Å². The highest BCUT2D eigenvalue weighted by Gasteiger charge is 2.19. The van der Waals surface area contributed by atoms with Gasteiger partial charge in [-0.25, -0.2) is 0 Å². The Bertz CT molecular complexity index is 524. The van der Waals surface area contributed by atoms with E-state index in [-0.39, 0.29) is 6.23 Å². The number of rotatable bonds is 1. The van der Waals surface area contributed by atoms with Gasteiger partial charge in [0.15, 0.2) is 0 Å². The highest BCUT2D eigenvalue weighted by Crippen LogP contribution is 2.22. The Hall–Kier alpha value is -1.47. The Balaban J connectivity index is 2.15. The number of benzene rings is 1. The summed E-state index contributed by atoms with van der Waals surface area (Å²) in [4.78, 5) is 3.36. The topological polar surface area (TPSA) is 37.0 Å². The molecule has 3 rings (SSSR count). The summed E-state index contributed by atoms with van der Waals surface area (Å²) in [5.41, 5.74) is 2.20. The van der Waals surface area contributed by atoms with E-state index in [0.29, 0.717) is 0 Å². The van der Waals surface area contributed by atoms with Gasteiger partial charge >= 0.3 is 0 Å². The second-order valence-electron chi connectivity index (χ2n) is 3.48. The van der Waals surface area contributed by atoms with Crippen LogP contribution >= 0.6 is 9.24 Å². The molecule has 2 atom stereocenters. The number of para-hydroxylation sites is 1. The highest BCUT2D eigenvalue weighted by molar-refractivity contribution is 7.28. The first-order valence-electron chi connectivity index (χ1n) is 4.79. The van der Waals surface area contributed by atoms with Crippen LogP contribution < -0.4 is 10.6 Å². The predicted molar refractivity (Wildman–Crippen MR) is 63.7 cm³/mol. The Morgan fingerprint density at radius 3 is 2.87 bits per heavy atom. The third kappa shape index (κ3) is 1.31. The van der Waals surface area contributed by atoms with Gasteiger partial charge in [0.05, 0.1) is 5.69 Å². The van der Waals surface area contributed by atoms with Gasteiger partial charge in [-0.3, -0.25) is 0 Å². The van der Waals surface area contributed by atoms with Gasteiger partial charge in [-0.1, -0.05) is 18.2 Å². The number of hydrogen-bond donors (Lipinski definition) is 2. The van der Waals surface area contributed by atoms with Crippen molar-refractivity contribution in [2.24, 2.45) is 0 Å². The predicted octanol–water partition coefficient (Wildman–Crippen LogP) is 1.76. The SMILES string of the molecule is Pc1c(C2NC=CO2)[nH]c2ccccc12. The molecule has 3 nitrogen and oxygen atoms in total. The van der Waals surface area contributed by atoms with E-state index in [1.54, 1.807) is 12.5 Å². The lowest BCUT2D eigenvalue weighted by Gasteiger charge is -2.10. The van der Waals surface area contributed by atoms with Gasteiger partial charge in [-0.15, -0.1) is 9.24 Å². The Morgan fingerprint density at radius 2 is 2.13 bits per heavy atom. The van der Waals surface area contributed by atoms with Crippen molar-refractivity contribution >= 4 is 25.4 Å². The van der Waals surface area contributed by atoms with E-state index in [9.17, 15) is 0 Å². The minimum absolute atomic E-state index is 0.0927. The van der Waals surface area contributed by atoms with Crippen LogP contribution in [0.25, 0.3) is 10.9 Å². The molecule has 15 heavy (non-hydrogen) atoms. The minimum Gasteiger partial charge on any atom is -0.471 e. The lowest BCUT2D eigenvalue weighted by atomic mass is 10.2. The van der Waals surface area contributed by atoms with Crippen molar-refractivity contribution in [1.82, 2.24) is 10.3 Å². The van der Waals surface area contributed by atoms with Crippen LogP contribution in [0.15, 0.2) is 36.7 Å². The van der Waals surface area contributed by atoms with Crippen LogP contribution in [0.1, 0.15) is 11.9 Å². The van der Waals surface area contributed by atoms with Crippen LogP contribution in [0.4, 0.5) is 0 Å². The summed E-state index contributed by atoms with van der Waals surface area (Å²) in [6, 6.07) is 8.22. The van der Waals surface area contributed by atoms with Gasteiger partial charge in [-0.2, -0.15) is 0 Å². The number of aromatic nitrogens is 1. The van der Waals surface area contributed by atoms with Gasteiger partial charge in [-0.05, 0) is 6.07 Å². The second-order valence-corrected chi connectivity index (χ2v) is 4.06. The Morgan fingerprint density at radius 1 is 1.27 bits per heavy atom. The molecule has 0 radical (unpaired) electrons. The number of nitrogens with one attached hydrogen (secondary N) is 2. The van der Waals surface area contributed by atoms with Crippen molar-refractivity contribution in [2.75, 3.05) is 0 Å². The van der Waals surface area contributed by atoms with Crippen molar-refractivity contribution in [1.29, 1.82) is 0 Å². The van der Waals surface area contributed by atoms with Crippen molar-refractivity contribution in [2.45, 2.75) is 6.23 Å². The number of aromatic amines is 1. The van der Waals surface area contributed by atoms with Crippen molar-refractivity contribution in [3.63, 3.8) is 0 Å². The van der Waals surface area contributed by atoms with Gasteiger partial charge in [0, 0.05) is 22.4 Å². The molecule has 0 fully saturated rings. The molecule has 0 bridgehead atoms. The van der Waals surface area contributed by atoms with E-state index in [1.165, 1.54) is 5.39 Å². The summed E-state index contributed by atoms with van der Waals surface area (Å²) in [7, 11) is 2.76. The number of ether oxygens (including phenoxy) is 1. The van der Waals surface area contributed by atoms with Crippen LogP contribution in [0.3, 0.4) is 0 Å². The molecular formula is C11H11N2OP. The number of hydrogen-bond acceptors (Lipinski definition) is 2. The average Bonchev–Trinajstić information content (AvgIpc) is 2.87. The zero-order valence-electron chi connectivity index (χ0n) is 8.03. The minimum atomic E-state index is -0.0927. The number of H-pyrrole nitrogens is 1. The summed E-state index contributed by atoms with van der Waals surface area (Å²) in [6.07, 6.45) is 3.38. The fourth-order valence-corrected chi connectivity index (χ4v) is 2.30. The van der Waals surface area contributed by atoms with Crippen molar-refractivity contribution in [3.8, 4) is 0 Å². The molecule has 2 unspecified atom stereocenters. The molecule has 0 saturated carbocycles. The Labute approximate surface area is 89.7 Å². The van der Waals surface area contributed by atoms with E-state index < -0.39 is 0 Å². The molecule has 2 N–H and O–H groups in total. The molecule has 0 aliphatic carbocycles. The molecule has 1 aliphatic rings. The first-order valence-corrected chi connectivity index (χ1v) is 5.36. The third-order valence-corrected chi connectivity index (χ3v) is 3.19. The molecule has 76 valence electrons. The quantitative estimate of drug-likeness (QED) is 0.715. The molecule has 4 heteroatoms. The van der Waals surface area contributed by atoms with E-state index >= 15 is 0 Å². The maximum absolute atomic E-state index is 5.41. The van der Waals surface area contributed by atoms with Crippen LogP contribution in [-0.4, -0.2) is 4.98 Å². The standard InChI is InChI=1S/C11H11N2OP/c15-10-7-3-1-2-4-8(7)13-9(10)11-12-5-6-14-11/h1-6,11-13H,15H2. The fraction of sp³-hybridized carbons (Fsp3) is 0.0909. The molecule has 1 aromatic carbocycles. The largest absolute Gasteiger partial charge is 0.471 e. The first-order chi connectivity index (χ1) is 7.36. The molecule has 1 aromatic heterocycles. The summed E-state index contributed by atoms with van der Waals surface area (Å²) in [5, 5.41) is 5.50. The summed E-state index contributed by atoms with van der Waals surface area (Å²) in [5.74, 6) is 0. The molecular weight excluding hydrogens is 207 g/mol. The molecule has 2 aromatic rings. The highest BCUT2D eigenvalue weighted by atomic mass is 31.0. The van der Waals surface area contributed by atoms with Gasteiger partial charge in [0.25, 0.3) is 0 Å². The maximum Gasteiger partial charge on any atom is 0.210 e. The fourth-order valence-electron chi connectivity index (χ4n) is 1.83. The average molecular weight is 218 g/mol. The summed E-state index contributed by atoms with van der Waals surface area (Å²) >= 11 is 0. The monoisotopic (exact) mass is 218 g/mol. The van der Waals surface area contributed by atoms with Crippen molar-refractivity contribution in [3.05, 3.63) is 42.4 Å². The van der Waals surface area contributed by atoms with E-state index in [2.05, 4.69) is 31.7 Å². The lowest BCUT2D eigenvalue weighted by molar-refractivity contribution is 0.152. The zero-order chi connectivity index (χ0) is 10.3. The van der Waals surface area contributed by atoms with E-state index in [1.807, 2.05) is 12.1 Å². The molecule has 2 heterocycles. The van der Waals surface area contributed by atoms with Crippen molar-refractivity contribution < 1.29 is 4.74 Å². The number of fused-ring (bicyclic) bond motifs is 1. The molecule has 1 aliphatic heterocycles. The van der Waals surface area contributed by atoms with Gasteiger partial charge < -0.3 is 15.0 Å². The van der Waals surface area contributed by atoms with Crippen LogP contribution in [0.2, 0.25) is 0 Å². The van der Waals surface area contributed by atoms with Crippen LogP contribution in [0, 0.1) is 0 Å². The molecule has 0 amide bonds. The van der Waals surface area contributed by atoms with Gasteiger partial charge in [0.2, 0.25) is 6.23 Å². The maximum atomic E-state index is 5.41. The van der Waals surface area contributed by atoms with Crippen LogP contribution in [0.5, 0.6) is 0 Å². The summed E-state index contributed by atoms with van der Waals surface area (Å²) in [6.45, 7) is 0. The van der Waals surface area contributed by atoms with Gasteiger partial charge in [0.1, 0.15) is 6.26 Å². The Kier molecular flexibility index (Phi) is 1.93. The zero-order valence-corrected chi connectivity index (χ0v) is 9.18. The normalized spacial score (nSPS) is 19.1. The second kappa shape index (κ2) is 3.28.